The molecule has 1 unspecified atom stereocenters. The maximum absolute atomic E-state index is 11.7. The maximum atomic E-state index is 11.7. The lowest BCUT2D eigenvalue weighted by molar-refractivity contribution is 0.112. The van der Waals surface area contributed by atoms with Crippen LogP contribution in [-0.4, -0.2) is 35.9 Å². The topological polar surface area (TPSA) is 59.0 Å². The Morgan fingerprint density at radius 3 is 2.56 bits per heavy atom. The molecule has 0 saturated carbocycles. The van der Waals surface area contributed by atoms with Crippen molar-refractivity contribution in [1.29, 1.82) is 0 Å². The van der Waals surface area contributed by atoms with Crippen molar-refractivity contribution >= 4 is 6.09 Å². The lowest BCUT2D eigenvalue weighted by Crippen LogP contribution is -2.38. The molecule has 0 spiro atoms. The molecule has 144 valence electrons. The minimum absolute atomic E-state index is 0.0932. The summed E-state index contributed by atoms with van der Waals surface area (Å²) >= 11 is 0. The second kappa shape index (κ2) is 7.51. The van der Waals surface area contributed by atoms with E-state index in [1.165, 1.54) is 4.90 Å². The number of fused-ring (bicyclic) bond motifs is 1. The molecule has 1 aliphatic heterocycles. The van der Waals surface area contributed by atoms with Gasteiger partial charge in [0, 0.05) is 24.1 Å². The van der Waals surface area contributed by atoms with E-state index in [1.807, 2.05) is 42.5 Å². The molecule has 0 saturated heterocycles. The van der Waals surface area contributed by atoms with Crippen LogP contribution in [0.3, 0.4) is 0 Å². The number of amides is 1. The van der Waals surface area contributed by atoms with E-state index in [0.29, 0.717) is 19.5 Å². The first-order valence-corrected chi connectivity index (χ1v) is 9.17. The van der Waals surface area contributed by atoms with Gasteiger partial charge in [-0.25, -0.2) is 4.79 Å². The van der Waals surface area contributed by atoms with Crippen LogP contribution >= 0.6 is 0 Å². The SMILES string of the molecule is COc1cc2c(c(C(C)(C)C)c1)OC(CN(Cc1ccccc1)C(=O)O)C2. The third-order valence-corrected chi connectivity index (χ3v) is 4.83. The van der Waals surface area contributed by atoms with E-state index in [2.05, 4.69) is 20.8 Å². The molecule has 0 fully saturated rings. The lowest BCUT2D eigenvalue weighted by Gasteiger charge is -2.25. The summed E-state index contributed by atoms with van der Waals surface area (Å²) in [5, 5.41) is 9.63. The number of carbonyl (C=O) groups is 1. The molecule has 1 heterocycles. The number of hydrogen-bond donors (Lipinski definition) is 1. The van der Waals surface area contributed by atoms with Crippen LogP contribution in [0.25, 0.3) is 0 Å². The van der Waals surface area contributed by atoms with Gasteiger partial charge in [0.2, 0.25) is 0 Å². The summed E-state index contributed by atoms with van der Waals surface area (Å²) < 4.78 is 11.7. The first kappa shape index (κ1) is 19.1. The molecule has 27 heavy (non-hydrogen) atoms. The van der Waals surface area contributed by atoms with E-state index in [0.717, 1.165) is 28.2 Å². The number of rotatable bonds is 5. The molecule has 0 aromatic heterocycles. The van der Waals surface area contributed by atoms with Gasteiger partial charge in [-0.3, -0.25) is 0 Å². The minimum Gasteiger partial charge on any atom is -0.497 e. The normalized spacial score (nSPS) is 15.8. The molecule has 5 heteroatoms. The predicted octanol–water partition coefficient (Wildman–Crippen LogP) is 4.48. The molecular formula is C22H27NO4. The van der Waals surface area contributed by atoms with Crippen LogP contribution in [0.4, 0.5) is 4.79 Å². The number of ether oxygens (including phenoxy) is 2. The Hall–Kier alpha value is -2.69. The fourth-order valence-corrected chi connectivity index (χ4v) is 3.44. The highest BCUT2D eigenvalue weighted by molar-refractivity contribution is 5.65. The average molecular weight is 369 g/mol. The van der Waals surface area contributed by atoms with Gasteiger partial charge < -0.3 is 19.5 Å². The van der Waals surface area contributed by atoms with E-state index in [-0.39, 0.29) is 11.5 Å². The fraction of sp³-hybridized carbons (Fsp3) is 0.409. The largest absolute Gasteiger partial charge is 0.497 e. The Kier molecular flexibility index (Phi) is 5.31. The number of hydrogen-bond acceptors (Lipinski definition) is 3. The Morgan fingerprint density at radius 2 is 1.96 bits per heavy atom. The first-order valence-electron chi connectivity index (χ1n) is 9.17. The van der Waals surface area contributed by atoms with Crippen molar-refractivity contribution in [2.45, 2.75) is 45.3 Å². The highest BCUT2D eigenvalue weighted by Crippen LogP contribution is 2.42. The van der Waals surface area contributed by atoms with Gasteiger partial charge in [-0.1, -0.05) is 51.1 Å². The zero-order valence-corrected chi connectivity index (χ0v) is 16.4. The molecule has 5 nitrogen and oxygen atoms in total. The first-order chi connectivity index (χ1) is 12.8. The van der Waals surface area contributed by atoms with E-state index in [9.17, 15) is 9.90 Å². The molecular weight excluding hydrogens is 342 g/mol. The highest BCUT2D eigenvalue weighted by atomic mass is 16.5. The van der Waals surface area contributed by atoms with E-state index < -0.39 is 6.09 Å². The zero-order chi connectivity index (χ0) is 19.6. The zero-order valence-electron chi connectivity index (χ0n) is 16.4. The molecule has 1 amide bonds. The van der Waals surface area contributed by atoms with Crippen molar-refractivity contribution in [2.24, 2.45) is 0 Å². The van der Waals surface area contributed by atoms with Crippen LogP contribution in [0.5, 0.6) is 11.5 Å². The van der Waals surface area contributed by atoms with Gasteiger partial charge in [-0.15, -0.1) is 0 Å². The Balaban J connectivity index is 1.79. The Labute approximate surface area is 160 Å². The summed E-state index contributed by atoms with van der Waals surface area (Å²) in [6.07, 6.45) is -0.464. The third-order valence-electron chi connectivity index (χ3n) is 4.83. The smallest absolute Gasteiger partial charge is 0.407 e. The fourth-order valence-electron chi connectivity index (χ4n) is 3.44. The van der Waals surface area contributed by atoms with Crippen molar-refractivity contribution in [1.82, 2.24) is 4.90 Å². The molecule has 2 aromatic carbocycles. The molecule has 0 radical (unpaired) electrons. The maximum Gasteiger partial charge on any atom is 0.407 e. The van der Waals surface area contributed by atoms with Crippen LogP contribution in [0.1, 0.15) is 37.5 Å². The summed E-state index contributed by atoms with van der Waals surface area (Å²) in [5.41, 5.74) is 3.04. The van der Waals surface area contributed by atoms with E-state index in [4.69, 9.17) is 9.47 Å². The van der Waals surface area contributed by atoms with Gasteiger partial charge in [-0.2, -0.15) is 0 Å². The minimum atomic E-state index is -0.938. The Morgan fingerprint density at radius 1 is 1.26 bits per heavy atom. The number of benzene rings is 2. The molecule has 0 aliphatic carbocycles. The second-order valence-corrected chi connectivity index (χ2v) is 8.01. The van der Waals surface area contributed by atoms with Crippen molar-refractivity contribution in [3.8, 4) is 11.5 Å². The summed E-state index contributed by atoms with van der Waals surface area (Å²) in [5.74, 6) is 1.68. The standard InChI is InChI=1S/C22H27NO4/c1-22(2,3)19-12-17(26-4)10-16-11-18(27-20(16)19)14-23(21(24)25)13-15-8-6-5-7-9-15/h5-10,12,18H,11,13-14H2,1-4H3,(H,24,25). The molecule has 1 aliphatic rings. The Bertz CT molecular complexity index is 811. The van der Waals surface area contributed by atoms with Crippen LogP contribution < -0.4 is 9.47 Å². The van der Waals surface area contributed by atoms with Gasteiger partial charge in [0.05, 0.1) is 13.7 Å². The van der Waals surface area contributed by atoms with Crippen molar-refractivity contribution in [3.05, 3.63) is 59.2 Å². The van der Waals surface area contributed by atoms with Crippen LogP contribution in [0.15, 0.2) is 42.5 Å². The quantitative estimate of drug-likeness (QED) is 0.844. The van der Waals surface area contributed by atoms with Crippen molar-refractivity contribution in [3.63, 3.8) is 0 Å². The lowest BCUT2D eigenvalue weighted by atomic mass is 9.85. The van der Waals surface area contributed by atoms with Gasteiger partial charge >= 0.3 is 6.09 Å². The van der Waals surface area contributed by atoms with Crippen LogP contribution in [-0.2, 0) is 18.4 Å². The molecule has 1 N–H and O–H groups in total. The summed E-state index contributed by atoms with van der Waals surface area (Å²) in [7, 11) is 1.66. The molecule has 0 bridgehead atoms. The van der Waals surface area contributed by atoms with Gasteiger partial charge in [0.15, 0.2) is 0 Å². The summed E-state index contributed by atoms with van der Waals surface area (Å²) in [6, 6.07) is 13.6. The monoisotopic (exact) mass is 369 g/mol. The van der Waals surface area contributed by atoms with Crippen LogP contribution in [0.2, 0.25) is 0 Å². The number of methoxy groups -OCH3 is 1. The summed E-state index contributed by atoms with van der Waals surface area (Å²) in [6.45, 7) is 7.08. The molecule has 2 aromatic rings. The van der Waals surface area contributed by atoms with Gasteiger partial charge in [-0.05, 0) is 23.1 Å². The van der Waals surface area contributed by atoms with E-state index >= 15 is 0 Å². The molecule has 3 rings (SSSR count). The van der Waals surface area contributed by atoms with Crippen molar-refractivity contribution < 1.29 is 19.4 Å². The summed E-state index contributed by atoms with van der Waals surface area (Å²) in [4.78, 5) is 13.2. The van der Waals surface area contributed by atoms with Crippen molar-refractivity contribution in [2.75, 3.05) is 13.7 Å². The molecule has 1 atom stereocenters. The predicted molar refractivity (Wildman–Crippen MR) is 105 cm³/mol. The van der Waals surface area contributed by atoms with Crippen LogP contribution in [0, 0.1) is 0 Å². The van der Waals surface area contributed by atoms with E-state index in [1.54, 1.807) is 7.11 Å². The number of carboxylic acid groups (broad SMARTS) is 1. The van der Waals surface area contributed by atoms with Gasteiger partial charge in [0.1, 0.15) is 17.6 Å². The van der Waals surface area contributed by atoms with Gasteiger partial charge in [0.25, 0.3) is 0 Å². The third kappa shape index (κ3) is 4.35. The highest BCUT2D eigenvalue weighted by Gasteiger charge is 2.32. The second-order valence-electron chi connectivity index (χ2n) is 8.01. The average Bonchev–Trinajstić information content (AvgIpc) is 3.02. The number of nitrogens with zero attached hydrogens (tertiary/aromatic N) is 1.